The number of thiophene rings is 1. The molecule has 0 bridgehead atoms. The molecule has 0 radical (unpaired) electrons. The van der Waals surface area contributed by atoms with Crippen LogP contribution in [-0.4, -0.2) is 34.7 Å². The first-order valence-electron chi connectivity index (χ1n) is 10.5. The van der Waals surface area contributed by atoms with E-state index in [0.29, 0.717) is 30.2 Å². The van der Waals surface area contributed by atoms with Crippen LogP contribution in [0.1, 0.15) is 40.6 Å². The van der Waals surface area contributed by atoms with E-state index in [2.05, 4.69) is 6.92 Å². The number of hydrogen-bond acceptors (Lipinski definition) is 3. The van der Waals surface area contributed by atoms with Gasteiger partial charge in [0.15, 0.2) is 0 Å². The molecule has 0 atom stereocenters. The molecule has 1 aromatic heterocycles. The lowest BCUT2D eigenvalue weighted by Gasteiger charge is -2.28. The molecule has 0 spiro atoms. The molecule has 162 valence electrons. The molecule has 0 unspecified atom stereocenters. The third-order valence-electron chi connectivity index (χ3n) is 4.96. The second kappa shape index (κ2) is 11.7. The molecule has 0 saturated carbocycles. The number of unbranched alkanes of at least 4 members (excludes halogenated alkanes) is 1. The van der Waals surface area contributed by atoms with Gasteiger partial charge in [-0.2, -0.15) is 0 Å². The lowest BCUT2D eigenvalue weighted by atomic mass is 10.1. The molecule has 0 N–H and O–H groups in total. The monoisotopic (exact) mass is 454 g/mol. The van der Waals surface area contributed by atoms with Crippen molar-refractivity contribution in [1.29, 1.82) is 0 Å². The fourth-order valence-corrected chi connectivity index (χ4v) is 4.21. The first kappa shape index (κ1) is 23.0. The van der Waals surface area contributed by atoms with Gasteiger partial charge in [-0.1, -0.05) is 67.4 Å². The molecule has 2 aromatic carbocycles. The number of carbonyl (C=O) groups is 2. The number of rotatable bonds is 10. The van der Waals surface area contributed by atoms with Crippen LogP contribution in [0.5, 0.6) is 0 Å². The zero-order valence-corrected chi connectivity index (χ0v) is 19.2. The van der Waals surface area contributed by atoms with Crippen molar-refractivity contribution in [2.45, 2.75) is 32.9 Å². The van der Waals surface area contributed by atoms with E-state index in [9.17, 15) is 9.59 Å². The molecule has 2 amide bonds. The van der Waals surface area contributed by atoms with Crippen molar-refractivity contribution in [3.8, 4) is 0 Å². The molecule has 0 saturated heterocycles. The van der Waals surface area contributed by atoms with Crippen molar-refractivity contribution in [1.82, 2.24) is 9.80 Å². The summed E-state index contributed by atoms with van der Waals surface area (Å²) in [5, 5.41) is 2.52. The van der Waals surface area contributed by atoms with E-state index in [1.807, 2.05) is 52.7 Å². The number of carbonyl (C=O) groups excluding carboxylic acids is 2. The summed E-state index contributed by atoms with van der Waals surface area (Å²) in [5.74, 6) is -0.233. The molecule has 4 nitrogen and oxygen atoms in total. The Kier molecular flexibility index (Phi) is 8.68. The van der Waals surface area contributed by atoms with Crippen molar-refractivity contribution < 1.29 is 9.59 Å². The maximum Gasteiger partial charge on any atom is 0.254 e. The van der Waals surface area contributed by atoms with Gasteiger partial charge in [-0.25, -0.2) is 0 Å². The summed E-state index contributed by atoms with van der Waals surface area (Å²) in [4.78, 5) is 31.1. The van der Waals surface area contributed by atoms with Gasteiger partial charge in [0.2, 0.25) is 5.91 Å². The number of hydrogen-bond donors (Lipinski definition) is 0. The van der Waals surface area contributed by atoms with Gasteiger partial charge in [0.1, 0.15) is 6.54 Å². The normalized spacial score (nSPS) is 10.6. The molecular formula is C25H27ClN2O2S. The highest BCUT2D eigenvalue weighted by molar-refractivity contribution is 7.09. The van der Waals surface area contributed by atoms with Crippen LogP contribution >= 0.6 is 22.9 Å². The molecular weight excluding hydrogens is 428 g/mol. The number of amides is 2. The van der Waals surface area contributed by atoms with Crippen LogP contribution in [0.15, 0.2) is 72.1 Å². The summed E-state index contributed by atoms with van der Waals surface area (Å²) in [5.41, 5.74) is 1.57. The topological polar surface area (TPSA) is 40.6 Å². The summed E-state index contributed by atoms with van der Waals surface area (Å²) in [6.45, 7) is 3.68. The van der Waals surface area contributed by atoms with Crippen molar-refractivity contribution in [2.24, 2.45) is 0 Å². The van der Waals surface area contributed by atoms with E-state index in [-0.39, 0.29) is 18.4 Å². The van der Waals surface area contributed by atoms with E-state index < -0.39 is 0 Å². The van der Waals surface area contributed by atoms with E-state index in [1.165, 1.54) is 0 Å². The lowest BCUT2D eigenvalue weighted by molar-refractivity contribution is -0.133. The zero-order chi connectivity index (χ0) is 22.1. The second-order valence-electron chi connectivity index (χ2n) is 7.41. The lowest BCUT2D eigenvalue weighted by Crippen LogP contribution is -2.42. The third-order valence-corrected chi connectivity index (χ3v) is 6.06. The summed E-state index contributed by atoms with van der Waals surface area (Å²) >= 11 is 7.71. The molecule has 0 aliphatic heterocycles. The van der Waals surface area contributed by atoms with E-state index >= 15 is 0 Å². The average Bonchev–Trinajstić information content (AvgIpc) is 3.29. The Morgan fingerprint density at radius 2 is 1.74 bits per heavy atom. The maximum absolute atomic E-state index is 13.4. The van der Waals surface area contributed by atoms with E-state index in [4.69, 9.17) is 11.6 Å². The van der Waals surface area contributed by atoms with E-state index in [1.54, 1.807) is 40.5 Å². The van der Waals surface area contributed by atoms with Crippen LogP contribution in [0.3, 0.4) is 0 Å². The zero-order valence-electron chi connectivity index (χ0n) is 17.7. The van der Waals surface area contributed by atoms with Crippen LogP contribution in [0.4, 0.5) is 0 Å². The summed E-state index contributed by atoms with van der Waals surface area (Å²) < 4.78 is 0. The Morgan fingerprint density at radius 1 is 0.935 bits per heavy atom. The predicted molar refractivity (Wildman–Crippen MR) is 127 cm³/mol. The number of benzene rings is 2. The molecule has 0 fully saturated rings. The van der Waals surface area contributed by atoms with Gasteiger partial charge in [0.05, 0.1) is 6.54 Å². The van der Waals surface area contributed by atoms with Crippen molar-refractivity contribution in [2.75, 3.05) is 13.1 Å². The standard InChI is InChI=1S/C25H27ClN2O2S/c1-2-3-14-27(25(30)21-11-7-12-22(26)16-21)19-24(29)28(18-23-13-8-15-31-23)17-20-9-5-4-6-10-20/h4-13,15-16H,2-3,14,17-19H2,1H3. The Balaban J connectivity index is 1.78. The first-order valence-corrected chi connectivity index (χ1v) is 11.7. The molecule has 0 aliphatic carbocycles. The smallest absolute Gasteiger partial charge is 0.254 e. The second-order valence-corrected chi connectivity index (χ2v) is 8.87. The highest BCUT2D eigenvalue weighted by Crippen LogP contribution is 2.17. The largest absolute Gasteiger partial charge is 0.332 e. The molecule has 0 aliphatic rings. The molecule has 3 rings (SSSR count). The molecule has 3 aromatic rings. The summed E-state index contributed by atoms with van der Waals surface area (Å²) in [7, 11) is 0. The third kappa shape index (κ3) is 6.94. The minimum absolute atomic E-state index is 0.0452. The fraction of sp³-hybridized carbons (Fsp3) is 0.280. The van der Waals surface area contributed by atoms with Crippen LogP contribution in [0, 0.1) is 0 Å². The minimum Gasteiger partial charge on any atom is -0.332 e. The average molecular weight is 455 g/mol. The van der Waals surface area contributed by atoms with Gasteiger partial charge in [-0.05, 0) is 41.6 Å². The Hall–Kier alpha value is -2.63. The van der Waals surface area contributed by atoms with E-state index in [0.717, 1.165) is 23.3 Å². The van der Waals surface area contributed by atoms with Crippen molar-refractivity contribution in [3.63, 3.8) is 0 Å². The summed E-state index contributed by atoms with van der Waals surface area (Å²) in [6.07, 6.45) is 1.78. The van der Waals surface area contributed by atoms with Gasteiger partial charge in [0, 0.05) is 28.6 Å². The fourth-order valence-electron chi connectivity index (χ4n) is 3.30. The van der Waals surface area contributed by atoms with Crippen LogP contribution in [0.2, 0.25) is 5.02 Å². The SMILES string of the molecule is CCCCN(CC(=O)N(Cc1ccccc1)Cc1cccs1)C(=O)c1cccc(Cl)c1. The highest BCUT2D eigenvalue weighted by atomic mass is 35.5. The first-order chi connectivity index (χ1) is 15.1. The maximum atomic E-state index is 13.4. The van der Waals surface area contributed by atoms with Crippen LogP contribution < -0.4 is 0 Å². The van der Waals surface area contributed by atoms with Gasteiger partial charge in [-0.15, -0.1) is 11.3 Å². The molecule has 6 heteroatoms. The number of halogens is 1. The Morgan fingerprint density at radius 3 is 2.42 bits per heavy atom. The minimum atomic E-state index is -0.167. The Labute approximate surface area is 193 Å². The molecule has 31 heavy (non-hydrogen) atoms. The van der Waals surface area contributed by atoms with Crippen molar-refractivity contribution in [3.05, 3.63) is 93.1 Å². The van der Waals surface area contributed by atoms with Crippen LogP contribution in [-0.2, 0) is 17.9 Å². The summed E-state index contributed by atoms with van der Waals surface area (Å²) in [6, 6.07) is 20.8. The van der Waals surface area contributed by atoms with Gasteiger partial charge >= 0.3 is 0 Å². The van der Waals surface area contributed by atoms with Gasteiger partial charge in [-0.3, -0.25) is 9.59 Å². The molecule has 1 heterocycles. The van der Waals surface area contributed by atoms with Gasteiger partial charge in [0.25, 0.3) is 5.91 Å². The predicted octanol–water partition coefficient (Wildman–Crippen LogP) is 5.87. The quantitative estimate of drug-likeness (QED) is 0.384. The Bertz CT molecular complexity index is 976. The number of nitrogens with zero attached hydrogens (tertiary/aromatic N) is 2. The highest BCUT2D eigenvalue weighted by Gasteiger charge is 2.23. The van der Waals surface area contributed by atoms with Crippen LogP contribution in [0.25, 0.3) is 0 Å². The van der Waals surface area contributed by atoms with Gasteiger partial charge < -0.3 is 9.80 Å². The van der Waals surface area contributed by atoms with Crippen molar-refractivity contribution >= 4 is 34.8 Å².